The molecule has 1 amide bonds. The number of ether oxygens (including phenoxy) is 1. The van der Waals surface area contributed by atoms with Gasteiger partial charge in [0.05, 0.1) is 26.4 Å². The van der Waals surface area contributed by atoms with E-state index >= 15 is 0 Å². The highest BCUT2D eigenvalue weighted by molar-refractivity contribution is 6.31. The van der Waals surface area contributed by atoms with Crippen LogP contribution in [-0.2, 0) is 17.9 Å². The fourth-order valence-electron chi connectivity index (χ4n) is 3.44. The van der Waals surface area contributed by atoms with E-state index in [0.29, 0.717) is 30.0 Å². The van der Waals surface area contributed by atoms with Crippen molar-refractivity contribution >= 4 is 23.3 Å². The van der Waals surface area contributed by atoms with Gasteiger partial charge in [-0.3, -0.25) is 9.69 Å². The van der Waals surface area contributed by atoms with Crippen LogP contribution in [-0.4, -0.2) is 40.3 Å². The molecule has 2 aromatic carbocycles. The second kappa shape index (κ2) is 9.32. The SMILES string of the molecule is COc1ccc(CN(CC(=O)Nc2ccnn2Cc2ccccc2Cl)C2CC2)cc1. The molecule has 6 nitrogen and oxygen atoms in total. The molecule has 0 aliphatic heterocycles. The lowest BCUT2D eigenvalue weighted by atomic mass is 10.2. The van der Waals surface area contributed by atoms with Crippen molar-refractivity contribution in [3.05, 3.63) is 76.9 Å². The summed E-state index contributed by atoms with van der Waals surface area (Å²) in [5.41, 5.74) is 2.12. The maximum atomic E-state index is 12.8. The fourth-order valence-corrected chi connectivity index (χ4v) is 3.63. The molecule has 0 bridgehead atoms. The van der Waals surface area contributed by atoms with Crippen molar-refractivity contribution in [2.24, 2.45) is 0 Å². The molecule has 0 spiro atoms. The Balaban J connectivity index is 1.38. The Morgan fingerprint density at radius 3 is 2.67 bits per heavy atom. The Morgan fingerprint density at radius 1 is 1.20 bits per heavy atom. The molecule has 7 heteroatoms. The zero-order valence-electron chi connectivity index (χ0n) is 16.9. The predicted octanol–water partition coefficient (Wildman–Crippen LogP) is 4.20. The van der Waals surface area contributed by atoms with Gasteiger partial charge in [-0.05, 0) is 42.2 Å². The van der Waals surface area contributed by atoms with Crippen LogP contribution in [0, 0.1) is 0 Å². The minimum atomic E-state index is -0.0451. The summed E-state index contributed by atoms with van der Waals surface area (Å²) in [7, 11) is 1.66. The molecule has 1 heterocycles. The van der Waals surface area contributed by atoms with Gasteiger partial charge in [0.2, 0.25) is 5.91 Å². The number of anilines is 1. The molecule has 1 aliphatic carbocycles. The monoisotopic (exact) mass is 424 g/mol. The smallest absolute Gasteiger partial charge is 0.239 e. The average molecular weight is 425 g/mol. The first kappa shape index (κ1) is 20.4. The van der Waals surface area contributed by atoms with Gasteiger partial charge in [0.15, 0.2) is 0 Å². The number of aromatic nitrogens is 2. The van der Waals surface area contributed by atoms with Crippen molar-refractivity contribution in [3.8, 4) is 5.75 Å². The molecule has 1 N–H and O–H groups in total. The number of nitrogens with one attached hydrogen (secondary N) is 1. The lowest BCUT2D eigenvalue weighted by Gasteiger charge is -2.21. The third-order valence-corrected chi connectivity index (χ3v) is 5.59. The number of methoxy groups -OCH3 is 1. The van der Waals surface area contributed by atoms with Gasteiger partial charge in [-0.2, -0.15) is 5.10 Å². The summed E-state index contributed by atoms with van der Waals surface area (Å²) >= 11 is 6.26. The van der Waals surface area contributed by atoms with Crippen LogP contribution in [0.5, 0.6) is 5.75 Å². The molecule has 4 rings (SSSR count). The summed E-state index contributed by atoms with van der Waals surface area (Å²) in [5, 5.41) is 8.02. The standard InChI is InChI=1S/C23H25ClN4O2/c1-30-20-10-6-17(7-11-20)14-27(19-8-9-19)16-23(29)26-22-12-13-25-28(22)15-18-4-2-3-5-21(18)24/h2-7,10-13,19H,8-9,14-16H2,1H3,(H,26,29). The zero-order valence-corrected chi connectivity index (χ0v) is 17.7. The molecule has 0 atom stereocenters. The number of carbonyl (C=O) groups excluding carboxylic acids is 1. The van der Waals surface area contributed by atoms with Crippen LogP contribution < -0.4 is 10.1 Å². The Bertz CT molecular complexity index is 998. The third-order valence-electron chi connectivity index (χ3n) is 5.22. The van der Waals surface area contributed by atoms with Crippen molar-refractivity contribution in [1.29, 1.82) is 0 Å². The summed E-state index contributed by atoms with van der Waals surface area (Å²) < 4.78 is 6.98. The normalized spacial score (nSPS) is 13.4. The molecule has 1 aromatic heterocycles. The van der Waals surface area contributed by atoms with Crippen LogP contribution in [0.2, 0.25) is 5.02 Å². The molecular weight excluding hydrogens is 400 g/mol. The molecule has 0 radical (unpaired) electrons. The lowest BCUT2D eigenvalue weighted by molar-refractivity contribution is -0.117. The number of carbonyl (C=O) groups is 1. The molecule has 156 valence electrons. The molecule has 1 aliphatic rings. The quantitative estimate of drug-likeness (QED) is 0.559. The van der Waals surface area contributed by atoms with Crippen LogP contribution in [0.15, 0.2) is 60.8 Å². The van der Waals surface area contributed by atoms with E-state index in [1.54, 1.807) is 24.1 Å². The first-order valence-corrected chi connectivity index (χ1v) is 10.4. The van der Waals surface area contributed by atoms with Gasteiger partial charge in [0.1, 0.15) is 11.6 Å². The van der Waals surface area contributed by atoms with Crippen LogP contribution in [0.25, 0.3) is 0 Å². The first-order chi connectivity index (χ1) is 14.6. The highest BCUT2D eigenvalue weighted by atomic mass is 35.5. The van der Waals surface area contributed by atoms with E-state index in [4.69, 9.17) is 16.3 Å². The van der Waals surface area contributed by atoms with Crippen molar-refractivity contribution in [2.45, 2.75) is 32.0 Å². The summed E-state index contributed by atoms with van der Waals surface area (Å²) in [5.74, 6) is 1.46. The predicted molar refractivity (Wildman–Crippen MR) is 118 cm³/mol. The van der Waals surface area contributed by atoms with Crippen molar-refractivity contribution < 1.29 is 9.53 Å². The number of hydrogen-bond acceptors (Lipinski definition) is 4. The second-order valence-corrected chi connectivity index (χ2v) is 7.91. The highest BCUT2D eigenvalue weighted by Crippen LogP contribution is 2.28. The fraction of sp³-hybridized carbons (Fsp3) is 0.304. The third kappa shape index (κ3) is 5.20. The van der Waals surface area contributed by atoms with Gasteiger partial charge >= 0.3 is 0 Å². The van der Waals surface area contributed by atoms with Crippen molar-refractivity contribution in [2.75, 3.05) is 19.0 Å². The summed E-state index contributed by atoms with van der Waals surface area (Å²) in [6.45, 7) is 1.58. The second-order valence-electron chi connectivity index (χ2n) is 7.50. The molecule has 1 saturated carbocycles. The number of amides is 1. The van der Waals surface area contributed by atoms with E-state index in [1.807, 2.05) is 48.5 Å². The average Bonchev–Trinajstić information content (AvgIpc) is 3.51. The topological polar surface area (TPSA) is 59.4 Å². The van der Waals surface area contributed by atoms with Crippen LogP contribution in [0.3, 0.4) is 0 Å². The molecular formula is C23H25ClN4O2. The minimum absolute atomic E-state index is 0.0451. The lowest BCUT2D eigenvalue weighted by Crippen LogP contribution is -2.35. The largest absolute Gasteiger partial charge is 0.497 e. The zero-order chi connectivity index (χ0) is 20.9. The van der Waals surface area contributed by atoms with Gasteiger partial charge in [-0.25, -0.2) is 4.68 Å². The van der Waals surface area contributed by atoms with Gasteiger partial charge < -0.3 is 10.1 Å². The number of benzene rings is 2. The Kier molecular flexibility index (Phi) is 6.35. The van der Waals surface area contributed by atoms with Crippen LogP contribution in [0.1, 0.15) is 24.0 Å². The summed E-state index contributed by atoms with van der Waals surface area (Å²) in [4.78, 5) is 15.0. The van der Waals surface area contributed by atoms with Gasteiger partial charge in [0, 0.05) is 23.7 Å². The Morgan fingerprint density at radius 2 is 1.97 bits per heavy atom. The van der Waals surface area contributed by atoms with Gasteiger partial charge in [0.25, 0.3) is 0 Å². The minimum Gasteiger partial charge on any atom is -0.497 e. The number of hydrogen-bond donors (Lipinski definition) is 1. The number of nitrogens with zero attached hydrogens (tertiary/aromatic N) is 3. The summed E-state index contributed by atoms with van der Waals surface area (Å²) in [6.07, 6.45) is 3.95. The number of halogens is 1. The summed E-state index contributed by atoms with van der Waals surface area (Å²) in [6, 6.07) is 17.9. The van der Waals surface area contributed by atoms with Gasteiger partial charge in [-0.15, -0.1) is 0 Å². The molecule has 30 heavy (non-hydrogen) atoms. The van der Waals surface area contributed by atoms with E-state index in [2.05, 4.69) is 15.3 Å². The van der Waals surface area contributed by atoms with Crippen LogP contribution >= 0.6 is 11.6 Å². The highest BCUT2D eigenvalue weighted by Gasteiger charge is 2.30. The van der Waals surface area contributed by atoms with Crippen LogP contribution in [0.4, 0.5) is 5.82 Å². The maximum Gasteiger partial charge on any atom is 0.239 e. The van der Waals surface area contributed by atoms with E-state index in [0.717, 1.165) is 30.7 Å². The van der Waals surface area contributed by atoms with Crippen molar-refractivity contribution in [1.82, 2.24) is 14.7 Å². The molecule has 3 aromatic rings. The maximum absolute atomic E-state index is 12.8. The number of rotatable bonds is 9. The molecule has 0 unspecified atom stereocenters. The van der Waals surface area contributed by atoms with E-state index < -0.39 is 0 Å². The molecule has 1 fully saturated rings. The van der Waals surface area contributed by atoms with E-state index in [9.17, 15) is 4.79 Å². The van der Waals surface area contributed by atoms with Gasteiger partial charge in [-0.1, -0.05) is 41.9 Å². The van der Waals surface area contributed by atoms with Crippen molar-refractivity contribution in [3.63, 3.8) is 0 Å². The van der Waals surface area contributed by atoms with E-state index in [-0.39, 0.29) is 5.91 Å². The molecule has 0 saturated heterocycles. The first-order valence-electron chi connectivity index (χ1n) is 10.0. The Hall–Kier alpha value is -2.83. The van der Waals surface area contributed by atoms with E-state index in [1.165, 1.54) is 5.56 Å². The Labute approximate surface area is 181 Å².